The third-order valence-corrected chi connectivity index (χ3v) is 4.08. The van der Waals surface area contributed by atoms with E-state index < -0.39 is 11.7 Å². The average Bonchev–Trinajstić information content (AvgIpc) is 2.51. The zero-order valence-electron chi connectivity index (χ0n) is 14.7. The van der Waals surface area contributed by atoms with Crippen molar-refractivity contribution in [1.29, 1.82) is 0 Å². The number of hydrogen-bond acceptors (Lipinski definition) is 1. The fourth-order valence-electron chi connectivity index (χ4n) is 2.52. The van der Waals surface area contributed by atoms with Gasteiger partial charge >= 0.3 is 6.18 Å². The van der Waals surface area contributed by atoms with Gasteiger partial charge in [0, 0.05) is 12.1 Å². The Morgan fingerprint density at radius 3 is 2.24 bits per heavy atom. The van der Waals surface area contributed by atoms with Gasteiger partial charge in [-0.3, -0.25) is 0 Å². The van der Waals surface area contributed by atoms with E-state index in [-0.39, 0.29) is 11.2 Å². The molecule has 1 nitrogen and oxygen atoms in total. The maximum Gasteiger partial charge on any atom is 0.416 e. The van der Waals surface area contributed by atoms with Crippen LogP contribution in [0.25, 0.3) is 0 Å². The molecular weight excluding hydrogens is 330 g/mol. The van der Waals surface area contributed by atoms with Gasteiger partial charge < -0.3 is 5.32 Å². The monoisotopic (exact) mass is 353 g/mol. The van der Waals surface area contributed by atoms with Gasteiger partial charge in [-0.2, -0.15) is 13.2 Å². The van der Waals surface area contributed by atoms with Crippen molar-refractivity contribution in [3.63, 3.8) is 0 Å². The molecule has 25 heavy (non-hydrogen) atoms. The first-order valence-corrected chi connectivity index (χ1v) is 8.23. The fourth-order valence-corrected chi connectivity index (χ4v) is 2.52. The highest BCUT2D eigenvalue weighted by molar-refractivity contribution is 5.29. The normalized spacial score (nSPS) is 12.4. The first kappa shape index (κ1) is 19.4. The molecule has 136 valence electrons. The van der Waals surface area contributed by atoms with Gasteiger partial charge in [0.15, 0.2) is 0 Å². The van der Waals surface area contributed by atoms with E-state index in [1.165, 1.54) is 6.07 Å². The van der Waals surface area contributed by atoms with Gasteiger partial charge in [0.05, 0.1) is 5.56 Å². The smallest absolute Gasteiger partial charge is 0.312 e. The zero-order valence-corrected chi connectivity index (χ0v) is 14.7. The minimum atomic E-state index is -4.33. The Balaban J connectivity index is 1.90. The second-order valence-electron chi connectivity index (χ2n) is 7.18. The van der Waals surface area contributed by atoms with E-state index in [2.05, 4.69) is 5.32 Å². The van der Waals surface area contributed by atoms with Crippen LogP contribution in [0.3, 0.4) is 0 Å². The van der Waals surface area contributed by atoms with Crippen LogP contribution in [0, 0.1) is 5.82 Å². The van der Waals surface area contributed by atoms with Crippen LogP contribution in [0.15, 0.2) is 42.5 Å². The molecule has 0 radical (unpaired) electrons. The Morgan fingerprint density at radius 1 is 0.920 bits per heavy atom. The molecule has 2 aromatic rings. The summed E-state index contributed by atoms with van der Waals surface area (Å²) < 4.78 is 52.2. The Labute approximate surface area is 146 Å². The van der Waals surface area contributed by atoms with E-state index in [0.29, 0.717) is 30.6 Å². The third kappa shape index (κ3) is 5.56. The lowest BCUT2D eigenvalue weighted by molar-refractivity contribution is -0.137. The summed E-state index contributed by atoms with van der Waals surface area (Å²) >= 11 is 0. The predicted octanol–water partition coefficient (Wildman–Crippen LogP) is 5.47. The highest BCUT2D eigenvalue weighted by Gasteiger charge is 2.30. The minimum Gasteiger partial charge on any atom is -0.312 e. The maximum absolute atomic E-state index is 14.1. The second-order valence-corrected chi connectivity index (χ2v) is 7.18. The molecule has 0 heterocycles. The van der Waals surface area contributed by atoms with E-state index >= 15 is 0 Å². The van der Waals surface area contributed by atoms with Gasteiger partial charge in [-0.15, -0.1) is 0 Å². The highest BCUT2D eigenvalue weighted by atomic mass is 19.4. The summed E-state index contributed by atoms with van der Waals surface area (Å²) in [6.07, 6.45) is -3.88. The van der Waals surface area contributed by atoms with Crippen LogP contribution in [0.4, 0.5) is 17.6 Å². The molecule has 0 aliphatic heterocycles. The summed E-state index contributed by atoms with van der Waals surface area (Å²) in [4.78, 5) is 0. The van der Waals surface area contributed by atoms with Gasteiger partial charge in [-0.25, -0.2) is 4.39 Å². The molecular formula is C20H23F4N. The van der Waals surface area contributed by atoms with E-state index in [4.69, 9.17) is 0 Å². The number of rotatable bonds is 5. The Hall–Kier alpha value is -1.88. The molecule has 0 aliphatic carbocycles. The maximum atomic E-state index is 14.1. The molecule has 2 rings (SSSR count). The van der Waals surface area contributed by atoms with Crippen molar-refractivity contribution in [2.24, 2.45) is 0 Å². The van der Waals surface area contributed by atoms with Crippen molar-refractivity contribution in [2.75, 3.05) is 6.54 Å². The molecule has 0 aliphatic rings. The van der Waals surface area contributed by atoms with Gasteiger partial charge in [0.2, 0.25) is 0 Å². The van der Waals surface area contributed by atoms with Crippen LogP contribution in [0.5, 0.6) is 0 Å². The summed E-state index contributed by atoms with van der Waals surface area (Å²) in [5.41, 5.74) is 1.32. The van der Waals surface area contributed by atoms with Gasteiger partial charge in [0.1, 0.15) is 5.82 Å². The molecule has 0 saturated carbocycles. The van der Waals surface area contributed by atoms with E-state index in [1.807, 2.05) is 26.8 Å². The quantitative estimate of drug-likeness (QED) is 0.555. The molecule has 5 heteroatoms. The van der Waals surface area contributed by atoms with Crippen LogP contribution in [0.1, 0.15) is 43.0 Å². The van der Waals surface area contributed by atoms with E-state index in [1.54, 1.807) is 18.2 Å². The fraction of sp³-hybridized carbons (Fsp3) is 0.400. The van der Waals surface area contributed by atoms with Gasteiger partial charge in [0.25, 0.3) is 0 Å². The molecule has 0 bridgehead atoms. The largest absolute Gasteiger partial charge is 0.416 e. The van der Waals surface area contributed by atoms with E-state index in [9.17, 15) is 17.6 Å². The standard InChI is InChI=1S/C20H23F4N/c1-19(2,3)16-8-7-15(18(21)12-16)13-25-10-9-14-5-4-6-17(11-14)20(22,23)24/h4-8,11-12,25H,9-10,13H2,1-3H3. The van der Waals surface area contributed by atoms with Crippen LogP contribution >= 0.6 is 0 Å². The highest BCUT2D eigenvalue weighted by Crippen LogP contribution is 2.29. The second kappa shape index (κ2) is 7.56. The lowest BCUT2D eigenvalue weighted by Crippen LogP contribution is -2.18. The molecule has 0 spiro atoms. The van der Waals surface area contributed by atoms with Crippen LogP contribution in [-0.4, -0.2) is 6.54 Å². The van der Waals surface area contributed by atoms with Crippen molar-refractivity contribution >= 4 is 0 Å². The third-order valence-electron chi connectivity index (χ3n) is 4.08. The summed E-state index contributed by atoms with van der Waals surface area (Å²) in [7, 11) is 0. The Morgan fingerprint density at radius 2 is 1.64 bits per heavy atom. The topological polar surface area (TPSA) is 12.0 Å². The zero-order chi connectivity index (χ0) is 18.7. The molecule has 2 aromatic carbocycles. The average molecular weight is 353 g/mol. The molecule has 0 atom stereocenters. The minimum absolute atomic E-state index is 0.115. The molecule has 0 fully saturated rings. The van der Waals surface area contributed by atoms with Crippen molar-refractivity contribution in [3.05, 3.63) is 70.5 Å². The predicted molar refractivity (Wildman–Crippen MR) is 92.0 cm³/mol. The number of hydrogen-bond donors (Lipinski definition) is 1. The first-order valence-electron chi connectivity index (χ1n) is 8.23. The van der Waals surface area contributed by atoms with Crippen molar-refractivity contribution in [2.45, 2.75) is 45.3 Å². The van der Waals surface area contributed by atoms with Crippen molar-refractivity contribution in [3.8, 4) is 0 Å². The van der Waals surface area contributed by atoms with Crippen molar-refractivity contribution < 1.29 is 17.6 Å². The van der Waals surface area contributed by atoms with E-state index in [0.717, 1.165) is 17.7 Å². The van der Waals surface area contributed by atoms with Crippen molar-refractivity contribution in [1.82, 2.24) is 5.32 Å². The van der Waals surface area contributed by atoms with Crippen LogP contribution in [0.2, 0.25) is 0 Å². The number of nitrogens with one attached hydrogen (secondary N) is 1. The number of benzene rings is 2. The summed E-state index contributed by atoms with van der Waals surface area (Å²) in [5.74, 6) is -0.265. The van der Waals surface area contributed by atoms with Crippen LogP contribution in [-0.2, 0) is 24.6 Å². The molecule has 0 amide bonds. The van der Waals surface area contributed by atoms with Crippen LogP contribution < -0.4 is 5.32 Å². The Bertz CT molecular complexity index is 714. The molecule has 0 aromatic heterocycles. The summed E-state index contributed by atoms with van der Waals surface area (Å²) in [6, 6.07) is 10.5. The first-order chi connectivity index (χ1) is 11.6. The lowest BCUT2D eigenvalue weighted by Gasteiger charge is -2.19. The van der Waals surface area contributed by atoms with Gasteiger partial charge in [-0.1, -0.05) is 51.1 Å². The molecule has 0 saturated heterocycles. The summed E-state index contributed by atoms with van der Waals surface area (Å²) in [6.45, 7) is 6.88. The number of halogens is 4. The molecule has 0 unspecified atom stereocenters. The lowest BCUT2D eigenvalue weighted by atomic mass is 9.86. The SMILES string of the molecule is CC(C)(C)c1ccc(CNCCc2cccc(C(F)(F)F)c2)c(F)c1. The summed E-state index contributed by atoms with van der Waals surface area (Å²) in [5, 5.41) is 3.09. The molecule has 1 N–H and O–H groups in total. The number of alkyl halides is 3. The van der Waals surface area contributed by atoms with Gasteiger partial charge in [-0.05, 0) is 41.6 Å². The Kier molecular flexibility index (Phi) is 5.88.